The van der Waals surface area contributed by atoms with E-state index in [4.69, 9.17) is 5.73 Å². The summed E-state index contributed by atoms with van der Waals surface area (Å²) in [6, 6.07) is 10.4. The lowest BCUT2D eigenvalue weighted by Crippen LogP contribution is -2.54. The third-order valence-corrected chi connectivity index (χ3v) is 3.44. The number of halogens is 1. The molecule has 4 heteroatoms. The van der Waals surface area contributed by atoms with Crippen molar-refractivity contribution < 1.29 is 4.79 Å². The molecular formula is C16H27ClN2O. The highest BCUT2D eigenvalue weighted by atomic mass is 35.5. The van der Waals surface area contributed by atoms with Gasteiger partial charge in [0.15, 0.2) is 0 Å². The second-order valence-electron chi connectivity index (χ2n) is 5.44. The molecule has 2 atom stereocenters. The summed E-state index contributed by atoms with van der Waals surface area (Å²) < 4.78 is 0. The Balaban J connectivity index is 0.00000361. The van der Waals surface area contributed by atoms with E-state index in [1.807, 2.05) is 25.1 Å². The molecule has 0 aromatic heterocycles. The molecule has 0 radical (unpaired) electrons. The van der Waals surface area contributed by atoms with E-state index in [1.54, 1.807) is 6.92 Å². The molecule has 114 valence electrons. The first-order valence-corrected chi connectivity index (χ1v) is 7.13. The average molecular weight is 299 g/mol. The first-order valence-electron chi connectivity index (χ1n) is 7.13. The van der Waals surface area contributed by atoms with Crippen molar-refractivity contribution in [1.29, 1.82) is 0 Å². The number of nitrogens with two attached hydrogens (primary N) is 1. The molecule has 0 aliphatic rings. The Hall–Kier alpha value is -1.06. The smallest absolute Gasteiger partial charge is 0.240 e. The van der Waals surface area contributed by atoms with Gasteiger partial charge in [-0.15, -0.1) is 12.4 Å². The molecule has 3 nitrogen and oxygen atoms in total. The highest BCUT2D eigenvalue weighted by Crippen LogP contribution is 2.11. The van der Waals surface area contributed by atoms with Gasteiger partial charge in [0.05, 0.1) is 5.54 Å². The molecule has 0 fully saturated rings. The van der Waals surface area contributed by atoms with Gasteiger partial charge >= 0.3 is 0 Å². The number of carbonyl (C=O) groups is 1. The largest absolute Gasteiger partial charge is 0.351 e. The highest BCUT2D eigenvalue weighted by molar-refractivity contribution is 5.86. The maximum Gasteiger partial charge on any atom is 0.240 e. The van der Waals surface area contributed by atoms with E-state index in [1.165, 1.54) is 5.56 Å². The van der Waals surface area contributed by atoms with E-state index in [2.05, 4.69) is 24.4 Å². The van der Waals surface area contributed by atoms with Crippen molar-refractivity contribution in [1.82, 2.24) is 5.32 Å². The normalized spacial score (nSPS) is 14.8. The summed E-state index contributed by atoms with van der Waals surface area (Å²) in [6.45, 7) is 5.93. The average Bonchev–Trinajstić information content (AvgIpc) is 2.39. The lowest BCUT2D eigenvalue weighted by Gasteiger charge is -2.26. The van der Waals surface area contributed by atoms with Gasteiger partial charge < -0.3 is 11.1 Å². The summed E-state index contributed by atoms with van der Waals surface area (Å²) in [4.78, 5) is 12.2. The van der Waals surface area contributed by atoms with Crippen LogP contribution in [-0.4, -0.2) is 17.5 Å². The first kappa shape index (κ1) is 18.9. The molecular weight excluding hydrogens is 272 g/mol. The van der Waals surface area contributed by atoms with E-state index < -0.39 is 5.54 Å². The molecule has 0 saturated heterocycles. The topological polar surface area (TPSA) is 55.1 Å². The summed E-state index contributed by atoms with van der Waals surface area (Å²) in [7, 11) is 0. The van der Waals surface area contributed by atoms with Gasteiger partial charge in [0, 0.05) is 6.04 Å². The zero-order valence-corrected chi connectivity index (χ0v) is 13.5. The Labute approximate surface area is 128 Å². The number of hydrogen-bond acceptors (Lipinski definition) is 2. The molecule has 0 bridgehead atoms. The van der Waals surface area contributed by atoms with E-state index in [-0.39, 0.29) is 24.4 Å². The van der Waals surface area contributed by atoms with Crippen molar-refractivity contribution in [2.24, 2.45) is 5.73 Å². The van der Waals surface area contributed by atoms with Crippen LogP contribution in [0.3, 0.4) is 0 Å². The van der Waals surface area contributed by atoms with Crippen LogP contribution in [0, 0.1) is 0 Å². The summed E-state index contributed by atoms with van der Waals surface area (Å²) in [6.07, 6.45) is 3.38. The second-order valence-corrected chi connectivity index (χ2v) is 5.44. The van der Waals surface area contributed by atoms with E-state index >= 15 is 0 Å². The number of hydrogen-bond donors (Lipinski definition) is 2. The maximum absolute atomic E-state index is 12.2. The zero-order valence-electron chi connectivity index (χ0n) is 12.7. The number of rotatable bonds is 7. The predicted molar refractivity (Wildman–Crippen MR) is 87.1 cm³/mol. The van der Waals surface area contributed by atoms with E-state index in [9.17, 15) is 4.79 Å². The quantitative estimate of drug-likeness (QED) is 0.813. The molecule has 1 aromatic carbocycles. The summed E-state index contributed by atoms with van der Waals surface area (Å²) in [5, 5.41) is 3.08. The fourth-order valence-corrected chi connectivity index (χ4v) is 2.18. The monoisotopic (exact) mass is 298 g/mol. The van der Waals surface area contributed by atoms with Crippen molar-refractivity contribution in [2.75, 3.05) is 0 Å². The van der Waals surface area contributed by atoms with Crippen molar-refractivity contribution in [3.8, 4) is 0 Å². The van der Waals surface area contributed by atoms with Crippen LogP contribution < -0.4 is 11.1 Å². The van der Waals surface area contributed by atoms with Gasteiger partial charge in [0.2, 0.25) is 5.91 Å². The minimum atomic E-state index is -0.765. The summed E-state index contributed by atoms with van der Waals surface area (Å²) in [5.74, 6) is -0.0443. The minimum Gasteiger partial charge on any atom is -0.351 e. The van der Waals surface area contributed by atoms with Crippen LogP contribution in [0.4, 0.5) is 0 Å². The van der Waals surface area contributed by atoms with Crippen molar-refractivity contribution >= 4 is 18.3 Å². The van der Waals surface area contributed by atoms with Crippen LogP contribution in [-0.2, 0) is 11.2 Å². The van der Waals surface area contributed by atoms with Gasteiger partial charge in [0.1, 0.15) is 0 Å². The van der Waals surface area contributed by atoms with Gasteiger partial charge in [-0.2, -0.15) is 0 Å². The standard InChI is InChI=1S/C16H26N2O.ClH/c1-4-11-16(3,17)15(19)18-14(5-2)12-13-9-7-6-8-10-13;/h6-10,14H,4-5,11-12,17H2,1-3H3,(H,18,19);1H. The Morgan fingerprint density at radius 3 is 2.40 bits per heavy atom. The molecule has 1 rings (SSSR count). The fraction of sp³-hybridized carbons (Fsp3) is 0.562. The molecule has 1 aromatic rings. The molecule has 0 heterocycles. The minimum absolute atomic E-state index is 0. The zero-order chi connectivity index (χ0) is 14.3. The Bertz CT molecular complexity index is 393. The van der Waals surface area contributed by atoms with Crippen molar-refractivity contribution in [3.63, 3.8) is 0 Å². The number of carbonyl (C=O) groups excluding carboxylic acids is 1. The maximum atomic E-state index is 12.2. The SMILES string of the molecule is CCCC(C)(N)C(=O)NC(CC)Cc1ccccc1.Cl. The Morgan fingerprint density at radius 1 is 1.30 bits per heavy atom. The third kappa shape index (κ3) is 5.93. The van der Waals surface area contributed by atoms with Gasteiger partial charge in [-0.25, -0.2) is 0 Å². The lowest BCUT2D eigenvalue weighted by molar-refractivity contribution is -0.126. The van der Waals surface area contributed by atoms with E-state index in [0.29, 0.717) is 6.42 Å². The van der Waals surface area contributed by atoms with Gasteiger partial charge in [-0.1, -0.05) is 50.6 Å². The van der Waals surface area contributed by atoms with Gasteiger partial charge in [-0.3, -0.25) is 4.79 Å². The molecule has 0 spiro atoms. The Kier molecular flexibility index (Phi) is 8.51. The van der Waals surface area contributed by atoms with Gasteiger partial charge in [0.25, 0.3) is 0 Å². The molecule has 3 N–H and O–H groups in total. The second kappa shape index (κ2) is 8.98. The highest BCUT2D eigenvalue weighted by Gasteiger charge is 2.28. The number of amides is 1. The van der Waals surface area contributed by atoms with Crippen LogP contribution in [0.15, 0.2) is 30.3 Å². The molecule has 0 aliphatic carbocycles. The molecule has 1 amide bonds. The van der Waals surface area contributed by atoms with E-state index in [0.717, 1.165) is 19.3 Å². The van der Waals surface area contributed by atoms with Crippen LogP contribution in [0.25, 0.3) is 0 Å². The summed E-state index contributed by atoms with van der Waals surface area (Å²) >= 11 is 0. The first-order chi connectivity index (χ1) is 8.99. The molecule has 2 unspecified atom stereocenters. The lowest BCUT2D eigenvalue weighted by atomic mass is 9.95. The number of nitrogens with one attached hydrogen (secondary N) is 1. The summed E-state index contributed by atoms with van der Waals surface area (Å²) in [5.41, 5.74) is 6.53. The predicted octanol–water partition coefficient (Wildman–Crippen LogP) is 3.06. The molecule has 0 saturated carbocycles. The van der Waals surface area contributed by atoms with Crippen molar-refractivity contribution in [3.05, 3.63) is 35.9 Å². The van der Waals surface area contributed by atoms with Crippen LogP contribution in [0.1, 0.15) is 45.6 Å². The van der Waals surface area contributed by atoms with Crippen LogP contribution in [0.2, 0.25) is 0 Å². The number of benzene rings is 1. The van der Waals surface area contributed by atoms with Gasteiger partial charge in [-0.05, 0) is 31.7 Å². The van der Waals surface area contributed by atoms with Crippen LogP contribution in [0.5, 0.6) is 0 Å². The molecule has 0 aliphatic heterocycles. The third-order valence-electron chi connectivity index (χ3n) is 3.44. The fourth-order valence-electron chi connectivity index (χ4n) is 2.18. The van der Waals surface area contributed by atoms with Crippen molar-refractivity contribution in [2.45, 2.75) is 58.0 Å². The van der Waals surface area contributed by atoms with Crippen LogP contribution >= 0.6 is 12.4 Å². The Morgan fingerprint density at radius 2 is 1.90 bits per heavy atom. The molecule has 20 heavy (non-hydrogen) atoms.